The summed E-state index contributed by atoms with van der Waals surface area (Å²) >= 11 is 18.4. The number of halogens is 4. The van der Waals surface area contributed by atoms with Crippen LogP contribution < -0.4 is 14.4 Å². The van der Waals surface area contributed by atoms with Gasteiger partial charge < -0.3 is 9.47 Å². The van der Waals surface area contributed by atoms with Crippen LogP contribution in [0.4, 0.5) is 14.5 Å². The minimum Gasteiger partial charge on any atom is -0.490 e. The Bertz CT molecular complexity index is 1000. The number of carbonyl (C=O) groups is 1. The molecule has 1 aliphatic rings. The molecule has 3 rings (SSSR count). The monoisotopic (exact) mass is 475 g/mol. The summed E-state index contributed by atoms with van der Waals surface area (Å²) in [5, 5.41) is 0.670. The van der Waals surface area contributed by atoms with Crippen LogP contribution >= 0.6 is 47.2 Å². The average Bonchev–Trinajstić information content (AvgIpc) is 2.93. The first-order chi connectivity index (χ1) is 13.8. The number of rotatable bonds is 6. The summed E-state index contributed by atoms with van der Waals surface area (Å²) in [6.07, 6.45) is 1.60. The van der Waals surface area contributed by atoms with Crippen molar-refractivity contribution in [3.63, 3.8) is 0 Å². The fourth-order valence-corrected chi connectivity index (χ4v) is 4.13. The van der Waals surface area contributed by atoms with Gasteiger partial charge in [-0.15, -0.1) is 0 Å². The van der Waals surface area contributed by atoms with Crippen LogP contribution in [0.5, 0.6) is 11.5 Å². The molecule has 10 heteroatoms. The van der Waals surface area contributed by atoms with Crippen molar-refractivity contribution in [1.29, 1.82) is 0 Å². The lowest BCUT2D eigenvalue weighted by Crippen LogP contribution is -2.27. The molecule has 1 heterocycles. The van der Waals surface area contributed by atoms with Gasteiger partial charge in [-0.2, -0.15) is 8.78 Å². The number of anilines is 1. The number of hydrogen-bond acceptors (Lipinski definition) is 5. The average molecular weight is 476 g/mol. The van der Waals surface area contributed by atoms with Crippen LogP contribution in [-0.2, 0) is 4.79 Å². The maximum atomic E-state index is 12.9. The highest BCUT2D eigenvalue weighted by atomic mass is 35.5. The lowest BCUT2D eigenvalue weighted by molar-refractivity contribution is -0.113. The number of ether oxygens (including phenoxy) is 2. The summed E-state index contributed by atoms with van der Waals surface area (Å²) in [6.45, 7) is -0.980. The molecule has 2 aromatic rings. The van der Waals surface area contributed by atoms with Crippen LogP contribution in [0.25, 0.3) is 6.08 Å². The van der Waals surface area contributed by atoms with Crippen LogP contribution in [0.1, 0.15) is 12.5 Å². The molecule has 0 aromatic heterocycles. The van der Waals surface area contributed by atoms with Crippen LogP contribution in [0, 0.1) is 0 Å². The zero-order chi connectivity index (χ0) is 21.1. The maximum absolute atomic E-state index is 12.9. The quantitative estimate of drug-likeness (QED) is 0.357. The molecule has 0 unspecified atom stereocenters. The highest BCUT2D eigenvalue weighted by Crippen LogP contribution is 2.39. The number of benzene rings is 2. The molecule has 29 heavy (non-hydrogen) atoms. The Morgan fingerprint density at radius 3 is 2.59 bits per heavy atom. The lowest BCUT2D eigenvalue weighted by atomic mass is 10.2. The highest BCUT2D eigenvalue weighted by Gasteiger charge is 2.33. The molecule has 0 saturated carbocycles. The molecule has 0 aliphatic carbocycles. The molecular formula is C19H13Cl2F2NO3S2. The van der Waals surface area contributed by atoms with Crippen LogP contribution in [0.15, 0.2) is 41.3 Å². The standard InChI is InChI=1S/C19H13Cl2F2NO3S2/c1-2-26-15-7-10(3-6-14(15)27-18(22)23)8-16-17(25)24(19(28)29-16)11-4-5-12(20)13(21)9-11/h3-9,18H,2H2,1H3/b16-8+. The molecule has 2 aromatic carbocycles. The Hall–Kier alpha value is -1.87. The molecule has 0 bridgehead atoms. The second-order valence-electron chi connectivity index (χ2n) is 5.63. The van der Waals surface area contributed by atoms with Crippen LogP contribution in [0.2, 0.25) is 10.0 Å². The van der Waals surface area contributed by atoms with E-state index in [4.69, 9.17) is 40.2 Å². The molecule has 0 N–H and O–H groups in total. The minimum absolute atomic E-state index is 0.0812. The van der Waals surface area contributed by atoms with Crippen molar-refractivity contribution in [3.05, 3.63) is 56.9 Å². The van der Waals surface area contributed by atoms with Crippen molar-refractivity contribution in [3.8, 4) is 11.5 Å². The fraction of sp³-hybridized carbons (Fsp3) is 0.158. The Morgan fingerprint density at radius 1 is 1.17 bits per heavy atom. The number of carbonyl (C=O) groups excluding carboxylic acids is 1. The summed E-state index contributed by atoms with van der Waals surface area (Å²) in [7, 11) is 0. The van der Waals surface area contributed by atoms with Gasteiger partial charge in [0.15, 0.2) is 15.8 Å². The van der Waals surface area contributed by atoms with E-state index < -0.39 is 6.61 Å². The third kappa shape index (κ3) is 5.01. The third-order valence-corrected chi connectivity index (χ3v) is 5.78. The molecule has 1 saturated heterocycles. The molecule has 1 fully saturated rings. The number of amides is 1. The number of thioether (sulfide) groups is 1. The fourth-order valence-electron chi connectivity index (χ4n) is 2.54. The molecule has 152 valence electrons. The normalized spacial score (nSPS) is 15.5. The first-order valence-electron chi connectivity index (χ1n) is 8.24. The largest absolute Gasteiger partial charge is 0.490 e. The number of alkyl halides is 2. The van der Waals surface area contributed by atoms with Crippen LogP contribution in [0.3, 0.4) is 0 Å². The first-order valence-corrected chi connectivity index (χ1v) is 10.2. The maximum Gasteiger partial charge on any atom is 0.387 e. The summed E-state index contributed by atoms with van der Waals surface area (Å²) in [5.74, 6) is -0.256. The summed E-state index contributed by atoms with van der Waals surface area (Å²) in [4.78, 5) is 14.6. The second-order valence-corrected chi connectivity index (χ2v) is 8.12. The van der Waals surface area contributed by atoms with Gasteiger partial charge in [0.2, 0.25) is 0 Å². The van der Waals surface area contributed by atoms with E-state index in [1.54, 1.807) is 37.3 Å². The van der Waals surface area contributed by atoms with E-state index in [2.05, 4.69) is 4.74 Å². The number of nitrogens with zero attached hydrogens (tertiary/aromatic N) is 1. The Morgan fingerprint density at radius 2 is 1.93 bits per heavy atom. The Kier molecular flexibility index (Phi) is 7.00. The van der Waals surface area contributed by atoms with E-state index in [1.807, 2.05) is 0 Å². The summed E-state index contributed by atoms with van der Waals surface area (Å²) in [5.41, 5.74) is 1.07. The summed E-state index contributed by atoms with van der Waals surface area (Å²) < 4.78 is 35.2. The zero-order valence-electron chi connectivity index (χ0n) is 14.8. The van der Waals surface area contributed by atoms with Gasteiger partial charge in [0.1, 0.15) is 0 Å². The molecular weight excluding hydrogens is 463 g/mol. The van der Waals surface area contributed by atoms with Gasteiger partial charge in [-0.05, 0) is 48.9 Å². The molecule has 0 atom stereocenters. The molecule has 0 radical (unpaired) electrons. The van der Waals surface area contributed by atoms with E-state index in [1.165, 1.54) is 17.0 Å². The zero-order valence-corrected chi connectivity index (χ0v) is 18.0. The molecule has 1 aliphatic heterocycles. The van der Waals surface area contributed by atoms with Gasteiger partial charge in [0.05, 0.1) is 27.2 Å². The molecule has 1 amide bonds. The molecule has 0 spiro atoms. The van der Waals surface area contributed by atoms with E-state index in [0.717, 1.165) is 11.8 Å². The van der Waals surface area contributed by atoms with E-state index in [9.17, 15) is 13.6 Å². The molecule has 4 nitrogen and oxygen atoms in total. The smallest absolute Gasteiger partial charge is 0.387 e. The highest BCUT2D eigenvalue weighted by molar-refractivity contribution is 8.27. The van der Waals surface area contributed by atoms with Crippen LogP contribution in [-0.4, -0.2) is 23.4 Å². The summed E-state index contributed by atoms with van der Waals surface area (Å²) in [6, 6.07) is 9.21. The van der Waals surface area contributed by atoms with Gasteiger partial charge in [-0.25, -0.2) is 0 Å². The van der Waals surface area contributed by atoms with Gasteiger partial charge in [0, 0.05) is 0 Å². The lowest BCUT2D eigenvalue weighted by Gasteiger charge is -2.15. The van der Waals surface area contributed by atoms with Gasteiger partial charge >= 0.3 is 6.61 Å². The predicted octanol–water partition coefficient (Wildman–Crippen LogP) is 6.40. The van der Waals surface area contributed by atoms with E-state index in [0.29, 0.717) is 30.5 Å². The van der Waals surface area contributed by atoms with Crippen molar-refractivity contribution in [2.45, 2.75) is 13.5 Å². The Balaban J connectivity index is 1.90. The third-order valence-electron chi connectivity index (χ3n) is 3.74. The van der Waals surface area contributed by atoms with Gasteiger partial charge in [-0.1, -0.05) is 53.2 Å². The number of hydrogen-bond donors (Lipinski definition) is 0. The SMILES string of the molecule is CCOc1cc(/C=C2/SC(=S)N(c3ccc(Cl)c(Cl)c3)C2=O)ccc1OC(F)F. The van der Waals surface area contributed by atoms with Gasteiger partial charge in [-0.3, -0.25) is 9.69 Å². The first kappa shape index (κ1) is 21.8. The topological polar surface area (TPSA) is 38.8 Å². The Labute approximate surface area is 185 Å². The second kappa shape index (κ2) is 9.30. The minimum atomic E-state index is -2.97. The van der Waals surface area contributed by atoms with E-state index in [-0.39, 0.29) is 24.0 Å². The van der Waals surface area contributed by atoms with Crippen molar-refractivity contribution in [2.75, 3.05) is 11.5 Å². The van der Waals surface area contributed by atoms with Crippen molar-refractivity contribution < 1.29 is 23.0 Å². The van der Waals surface area contributed by atoms with Crippen molar-refractivity contribution >= 4 is 69.2 Å². The van der Waals surface area contributed by atoms with Crippen molar-refractivity contribution in [2.24, 2.45) is 0 Å². The van der Waals surface area contributed by atoms with Crippen molar-refractivity contribution in [1.82, 2.24) is 0 Å². The van der Waals surface area contributed by atoms with E-state index >= 15 is 0 Å². The number of thiocarbonyl (C=S) groups is 1. The predicted molar refractivity (Wildman–Crippen MR) is 116 cm³/mol. The van der Waals surface area contributed by atoms with Gasteiger partial charge in [0.25, 0.3) is 5.91 Å².